The molecular weight excluding hydrogens is 406 g/mol. The van der Waals surface area contributed by atoms with Crippen molar-refractivity contribution in [1.82, 2.24) is 19.9 Å². The van der Waals surface area contributed by atoms with Gasteiger partial charge in [-0.1, -0.05) is 11.6 Å². The number of hydrogen-bond donors (Lipinski definition) is 1. The number of pyridine rings is 1. The Labute approximate surface area is 177 Å². The minimum atomic E-state index is -0.450. The van der Waals surface area contributed by atoms with Crippen LogP contribution >= 0.6 is 11.6 Å². The maximum atomic E-state index is 13.8. The van der Waals surface area contributed by atoms with Gasteiger partial charge in [0.2, 0.25) is 0 Å². The number of aromatic nitrogens is 3. The highest BCUT2D eigenvalue weighted by atomic mass is 35.5. The minimum absolute atomic E-state index is 0.0758. The average Bonchev–Trinajstić information content (AvgIpc) is 3.16. The van der Waals surface area contributed by atoms with Crippen molar-refractivity contribution in [1.29, 1.82) is 0 Å². The van der Waals surface area contributed by atoms with Gasteiger partial charge in [0, 0.05) is 17.6 Å². The van der Waals surface area contributed by atoms with Crippen LogP contribution in [0.5, 0.6) is 0 Å². The van der Waals surface area contributed by atoms with Crippen LogP contribution in [-0.2, 0) is 0 Å². The van der Waals surface area contributed by atoms with Crippen molar-refractivity contribution >= 4 is 33.5 Å². The van der Waals surface area contributed by atoms with Crippen LogP contribution in [0.1, 0.15) is 43.1 Å². The van der Waals surface area contributed by atoms with E-state index in [2.05, 4.69) is 26.8 Å². The summed E-state index contributed by atoms with van der Waals surface area (Å²) in [6, 6.07) is 9.82. The van der Waals surface area contributed by atoms with Gasteiger partial charge >= 0.3 is 0 Å². The van der Waals surface area contributed by atoms with Crippen LogP contribution in [0.25, 0.3) is 21.9 Å². The Morgan fingerprint density at radius 3 is 2.70 bits per heavy atom. The number of imidazole rings is 1. The lowest BCUT2D eigenvalue weighted by atomic mass is 9.87. The van der Waals surface area contributed by atoms with Crippen LogP contribution in [0, 0.1) is 11.6 Å². The summed E-state index contributed by atoms with van der Waals surface area (Å²) in [6.07, 6.45) is 3.75. The van der Waals surface area contributed by atoms with Gasteiger partial charge < -0.3 is 4.98 Å². The largest absolute Gasteiger partial charge is 0.341 e. The average molecular weight is 427 g/mol. The van der Waals surface area contributed by atoms with E-state index in [9.17, 15) is 8.78 Å². The smallest absolute Gasteiger partial charge is 0.144 e. The highest BCUT2D eigenvalue weighted by Crippen LogP contribution is 2.35. The summed E-state index contributed by atoms with van der Waals surface area (Å²) in [7, 11) is 0. The van der Waals surface area contributed by atoms with E-state index in [4.69, 9.17) is 11.6 Å². The topological polar surface area (TPSA) is 44.8 Å². The molecule has 1 saturated heterocycles. The second-order valence-electron chi connectivity index (χ2n) is 7.95. The third-order valence-corrected chi connectivity index (χ3v) is 6.48. The van der Waals surface area contributed by atoms with Crippen molar-refractivity contribution in [2.75, 3.05) is 13.1 Å². The molecule has 0 unspecified atom stereocenters. The Morgan fingerprint density at radius 2 is 1.90 bits per heavy atom. The SMILES string of the molecule is C[C@H](c1nc2cc(Cl)c(F)cc2[nH]1)N1CCC(c2ccnc3ccc(F)cc23)CC1. The number of rotatable bonds is 3. The molecule has 2 aromatic heterocycles. The van der Waals surface area contributed by atoms with Gasteiger partial charge in [0.05, 0.1) is 27.6 Å². The van der Waals surface area contributed by atoms with Crippen molar-refractivity contribution in [3.05, 3.63) is 70.6 Å². The Morgan fingerprint density at radius 1 is 1.10 bits per heavy atom. The molecule has 0 radical (unpaired) electrons. The van der Waals surface area contributed by atoms with Gasteiger partial charge in [0.1, 0.15) is 17.5 Å². The Bertz CT molecular complexity index is 1190. The molecule has 1 N–H and O–H groups in total. The summed E-state index contributed by atoms with van der Waals surface area (Å²) in [6.45, 7) is 3.90. The summed E-state index contributed by atoms with van der Waals surface area (Å²) in [5, 5.41) is 0.982. The highest BCUT2D eigenvalue weighted by molar-refractivity contribution is 6.31. The molecular formula is C23H21ClF2N4. The number of aromatic amines is 1. The second-order valence-corrected chi connectivity index (χ2v) is 8.36. The lowest BCUT2D eigenvalue weighted by Crippen LogP contribution is -2.35. The number of halogens is 3. The molecule has 0 spiro atoms. The van der Waals surface area contributed by atoms with Crippen molar-refractivity contribution < 1.29 is 8.78 Å². The summed E-state index contributed by atoms with van der Waals surface area (Å²) < 4.78 is 27.5. The Kier molecular flexibility index (Phi) is 4.91. The fraction of sp³-hybridized carbons (Fsp3) is 0.304. The van der Waals surface area contributed by atoms with Gasteiger partial charge in [-0.3, -0.25) is 9.88 Å². The van der Waals surface area contributed by atoms with Crippen molar-refractivity contribution in [3.8, 4) is 0 Å². The van der Waals surface area contributed by atoms with Crippen LogP contribution in [0.15, 0.2) is 42.6 Å². The van der Waals surface area contributed by atoms with Gasteiger partial charge in [-0.15, -0.1) is 0 Å². The fourth-order valence-electron chi connectivity index (χ4n) is 4.49. The zero-order valence-corrected chi connectivity index (χ0v) is 17.3. The molecule has 4 nitrogen and oxygen atoms in total. The Balaban J connectivity index is 1.34. The number of benzene rings is 2. The van der Waals surface area contributed by atoms with Crippen LogP contribution in [-0.4, -0.2) is 32.9 Å². The number of nitrogens with one attached hydrogen (secondary N) is 1. The third-order valence-electron chi connectivity index (χ3n) is 6.19. The standard InChI is InChI=1S/C23H21ClF2N4/c1-13(23-28-21-11-18(24)19(26)12-22(21)29-23)30-8-5-14(6-9-30)16-4-7-27-20-3-2-15(25)10-17(16)20/h2-4,7,10-14H,5-6,8-9H2,1H3,(H,28,29)/t13-/m1/s1. The van der Waals surface area contributed by atoms with E-state index >= 15 is 0 Å². The van der Waals surface area contributed by atoms with Crippen molar-refractivity contribution in [3.63, 3.8) is 0 Å². The first-order valence-electron chi connectivity index (χ1n) is 10.1. The van der Waals surface area contributed by atoms with Crippen LogP contribution in [0.2, 0.25) is 5.02 Å². The summed E-state index contributed by atoms with van der Waals surface area (Å²) in [4.78, 5) is 14.6. The first-order chi connectivity index (χ1) is 14.5. The normalized spacial score (nSPS) is 17.1. The first kappa shape index (κ1) is 19.4. The van der Waals surface area contributed by atoms with E-state index in [1.165, 1.54) is 17.7 Å². The highest BCUT2D eigenvalue weighted by Gasteiger charge is 2.27. The molecule has 1 aliphatic heterocycles. The monoisotopic (exact) mass is 426 g/mol. The molecule has 0 bridgehead atoms. The second kappa shape index (κ2) is 7.60. The van der Waals surface area contributed by atoms with E-state index in [0.717, 1.165) is 42.7 Å². The third kappa shape index (κ3) is 3.44. The minimum Gasteiger partial charge on any atom is -0.341 e. The molecule has 1 fully saturated rings. The summed E-state index contributed by atoms with van der Waals surface area (Å²) in [5.41, 5.74) is 3.32. The van der Waals surface area contributed by atoms with E-state index in [1.54, 1.807) is 18.2 Å². The lowest BCUT2D eigenvalue weighted by Gasteiger charge is -2.35. The quantitative estimate of drug-likeness (QED) is 0.438. The predicted octanol–water partition coefficient (Wildman–Crippen LogP) is 5.98. The molecule has 5 rings (SSSR count). The maximum Gasteiger partial charge on any atom is 0.144 e. The van der Waals surface area contributed by atoms with Crippen LogP contribution in [0.3, 0.4) is 0 Å². The molecule has 30 heavy (non-hydrogen) atoms. The maximum absolute atomic E-state index is 13.8. The first-order valence-corrected chi connectivity index (χ1v) is 10.5. The number of nitrogens with zero attached hydrogens (tertiary/aromatic N) is 3. The number of fused-ring (bicyclic) bond motifs is 2. The molecule has 1 atom stereocenters. The molecule has 0 saturated carbocycles. The van der Waals surface area contributed by atoms with Gasteiger partial charge in [-0.25, -0.2) is 13.8 Å². The lowest BCUT2D eigenvalue weighted by molar-refractivity contribution is 0.158. The number of piperidine rings is 1. The van der Waals surface area contributed by atoms with E-state index in [1.807, 2.05) is 12.3 Å². The van der Waals surface area contributed by atoms with Crippen LogP contribution < -0.4 is 0 Å². The fourth-order valence-corrected chi connectivity index (χ4v) is 4.65. The van der Waals surface area contributed by atoms with E-state index in [0.29, 0.717) is 17.0 Å². The van der Waals surface area contributed by atoms with Gasteiger partial charge in [-0.05, 0) is 74.7 Å². The van der Waals surface area contributed by atoms with Gasteiger partial charge in [0.15, 0.2) is 0 Å². The Hall–Kier alpha value is -2.57. The van der Waals surface area contributed by atoms with Crippen molar-refractivity contribution in [2.45, 2.75) is 31.7 Å². The molecule has 4 aromatic rings. The molecule has 0 aliphatic carbocycles. The summed E-state index contributed by atoms with van der Waals surface area (Å²) in [5.74, 6) is 0.490. The molecule has 154 valence electrons. The number of hydrogen-bond acceptors (Lipinski definition) is 3. The zero-order valence-electron chi connectivity index (χ0n) is 16.5. The van der Waals surface area contributed by atoms with Gasteiger partial charge in [-0.2, -0.15) is 0 Å². The van der Waals surface area contributed by atoms with E-state index in [-0.39, 0.29) is 16.9 Å². The molecule has 0 amide bonds. The number of likely N-dealkylation sites (tertiary alicyclic amines) is 1. The molecule has 7 heteroatoms. The van der Waals surface area contributed by atoms with E-state index < -0.39 is 5.82 Å². The summed E-state index contributed by atoms with van der Waals surface area (Å²) >= 11 is 5.88. The van der Waals surface area contributed by atoms with Gasteiger partial charge in [0.25, 0.3) is 0 Å². The van der Waals surface area contributed by atoms with Crippen LogP contribution in [0.4, 0.5) is 8.78 Å². The number of H-pyrrole nitrogens is 1. The zero-order chi connectivity index (χ0) is 20.8. The molecule has 2 aromatic carbocycles. The van der Waals surface area contributed by atoms with Crippen molar-refractivity contribution in [2.24, 2.45) is 0 Å². The molecule has 3 heterocycles. The molecule has 1 aliphatic rings. The predicted molar refractivity (Wildman–Crippen MR) is 115 cm³/mol.